The highest BCUT2D eigenvalue weighted by molar-refractivity contribution is 9.10. The third-order valence-electron chi connectivity index (χ3n) is 2.12. The van der Waals surface area contributed by atoms with E-state index in [9.17, 15) is 13.2 Å². The van der Waals surface area contributed by atoms with Crippen LogP contribution in [0.3, 0.4) is 0 Å². The van der Waals surface area contributed by atoms with Gasteiger partial charge in [0.1, 0.15) is 5.75 Å². The Morgan fingerprint density at radius 2 is 2.00 bits per heavy atom. The maximum Gasteiger partial charge on any atom is 0.420 e. The Morgan fingerprint density at radius 3 is 2.47 bits per heavy atom. The zero-order valence-electron chi connectivity index (χ0n) is 8.97. The number of ether oxygens (including phenoxy) is 1. The predicted molar refractivity (Wildman–Crippen MR) is 59.5 cm³/mol. The molecule has 0 spiro atoms. The van der Waals surface area contributed by atoms with Crippen LogP contribution < -0.4 is 10.6 Å². The zero-order valence-corrected chi connectivity index (χ0v) is 10.6. The fraction of sp³-hybridized carbons (Fsp3) is 0.400. The summed E-state index contributed by atoms with van der Waals surface area (Å²) >= 11 is 3.05. The fourth-order valence-corrected chi connectivity index (χ4v) is 2.06. The number of benzene rings is 1. The minimum Gasteiger partial charge on any atom is -0.495 e. The highest BCUT2D eigenvalue weighted by Crippen LogP contribution is 2.41. The van der Waals surface area contributed by atoms with E-state index in [4.69, 9.17) is 10.6 Å². The number of hydrogen-bond acceptors (Lipinski definition) is 3. The maximum atomic E-state index is 12.8. The molecule has 0 saturated heterocycles. The van der Waals surface area contributed by atoms with Gasteiger partial charge in [-0.3, -0.25) is 0 Å². The average Bonchev–Trinajstić information content (AvgIpc) is 2.24. The van der Waals surface area contributed by atoms with Gasteiger partial charge in [-0.2, -0.15) is 13.2 Å². The summed E-state index contributed by atoms with van der Waals surface area (Å²) in [6, 6.07) is 2.58. The quantitative estimate of drug-likeness (QED) is 0.869. The number of nitrogens with two attached hydrogens (primary N) is 1. The molecule has 0 heterocycles. The summed E-state index contributed by atoms with van der Waals surface area (Å²) in [5, 5.41) is 0. The SMILES string of the molecule is COc1c(Br)cc(CCON)cc1C(F)(F)F. The standard InChI is InChI=1S/C10H11BrF3NO2/c1-16-9-7(10(12,13)14)4-6(2-3-17-15)5-8(9)11/h4-5H,2-3,15H2,1H3. The van der Waals surface area contributed by atoms with E-state index in [1.807, 2.05) is 0 Å². The lowest BCUT2D eigenvalue weighted by atomic mass is 10.1. The molecular weight excluding hydrogens is 303 g/mol. The summed E-state index contributed by atoms with van der Waals surface area (Å²) in [6.07, 6.45) is -4.17. The number of rotatable bonds is 4. The Kier molecular flexibility index (Phi) is 4.79. The van der Waals surface area contributed by atoms with Crippen molar-refractivity contribution in [3.05, 3.63) is 27.7 Å². The Hall–Kier alpha value is -0.790. The first-order valence-corrected chi connectivity index (χ1v) is 5.44. The lowest BCUT2D eigenvalue weighted by molar-refractivity contribution is -0.138. The van der Waals surface area contributed by atoms with Crippen molar-refractivity contribution in [3.8, 4) is 5.75 Å². The molecule has 0 aliphatic carbocycles. The Morgan fingerprint density at radius 1 is 1.35 bits per heavy atom. The van der Waals surface area contributed by atoms with Crippen LogP contribution in [0, 0.1) is 0 Å². The summed E-state index contributed by atoms with van der Waals surface area (Å²) in [4.78, 5) is 4.34. The number of methoxy groups -OCH3 is 1. The van der Waals surface area contributed by atoms with Gasteiger partial charge in [-0.05, 0) is 40.0 Å². The van der Waals surface area contributed by atoms with Gasteiger partial charge >= 0.3 is 6.18 Å². The molecule has 0 fully saturated rings. The molecule has 0 aliphatic rings. The molecular formula is C10H11BrF3NO2. The van der Waals surface area contributed by atoms with Crippen LogP contribution in [0.15, 0.2) is 16.6 Å². The molecule has 1 aromatic carbocycles. The largest absolute Gasteiger partial charge is 0.495 e. The van der Waals surface area contributed by atoms with Crippen molar-refractivity contribution in [1.82, 2.24) is 0 Å². The first kappa shape index (κ1) is 14.3. The van der Waals surface area contributed by atoms with E-state index in [0.717, 1.165) is 6.07 Å². The maximum absolute atomic E-state index is 12.8. The van der Waals surface area contributed by atoms with E-state index in [0.29, 0.717) is 12.0 Å². The zero-order chi connectivity index (χ0) is 13.1. The van der Waals surface area contributed by atoms with Gasteiger partial charge in [0.05, 0.1) is 23.8 Å². The lowest BCUT2D eigenvalue weighted by Gasteiger charge is -2.15. The average molecular weight is 314 g/mol. The minimum absolute atomic E-state index is 0.149. The second-order valence-electron chi connectivity index (χ2n) is 3.28. The number of halogens is 4. The van der Waals surface area contributed by atoms with E-state index in [2.05, 4.69) is 20.8 Å². The van der Waals surface area contributed by atoms with Gasteiger partial charge in [-0.1, -0.05) is 0 Å². The predicted octanol–water partition coefficient (Wildman–Crippen LogP) is 2.91. The monoisotopic (exact) mass is 313 g/mol. The van der Waals surface area contributed by atoms with E-state index in [1.54, 1.807) is 6.07 Å². The van der Waals surface area contributed by atoms with Crippen LogP contribution in [0.4, 0.5) is 13.2 Å². The molecule has 0 bridgehead atoms. The third kappa shape index (κ3) is 3.58. The third-order valence-corrected chi connectivity index (χ3v) is 2.71. The summed E-state index contributed by atoms with van der Waals surface area (Å²) < 4.78 is 43.3. The minimum atomic E-state index is -4.46. The highest BCUT2D eigenvalue weighted by Gasteiger charge is 2.35. The molecule has 17 heavy (non-hydrogen) atoms. The fourth-order valence-electron chi connectivity index (χ4n) is 1.39. The van der Waals surface area contributed by atoms with Crippen LogP contribution in [0.5, 0.6) is 5.75 Å². The second kappa shape index (κ2) is 5.70. The molecule has 0 amide bonds. The molecule has 2 N–H and O–H groups in total. The van der Waals surface area contributed by atoms with Crippen molar-refractivity contribution in [2.45, 2.75) is 12.6 Å². The molecule has 0 aromatic heterocycles. The van der Waals surface area contributed by atoms with E-state index < -0.39 is 11.7 Å². The van der Waals surface area contributed by atoms with Crippen LogP contribution in [0.2, 0.25) is 0 Å². The van der Waals surface area contributed by atoms with E-state index >= 15 is 0 Å². The topological polar surface area (TPSA) is 44.5 Å². The number of hydrogen-bond donors (Lipinski definition) is 1. The van der Waals surface area contributed by atoms with Gasteiger partial charge in [-0.25, -0.2) is 5.90 Å². The summed E-state index contributed by atoms with van der Waals surface area (Å²) in [5.41, 5.74) is -0.350. The number of alkyl halides is 3. The van der Waals surface area contributed by atoms with Crippen LogP contribution in [-0.2, 0) is 17.4 Å². The van der Waals surface area contributed by atoms with Gasteiger partial charge in [0.25, 0.3) is 0 Å². The van der Waals surface area contributed by atoms with Gasteiger partial charge in [0.2, 0.25) is 0 Å². The molecule has 3 nitrogen and oxygen atoms in total. The van der Waals surface area contributed by atoms with Crippen molar-refractivity contribution < 1.29 is 22.7 Å². The van der Waals surface area contributed by atoms with Crippen LogP contribution >= 0.6 is 15.9 Å². The molecule has 0 unspecified atom stereocenters. The summed E-state index contributed by atoms with van der Waals surface area (Å²) in [5.74, 6) is 4.61. The van der Waals surface area contributed by atoms with Crippen molar-refractivity contribution >= 4 is 15.9 Å². The first-order chi connectivity index (χ1) is 7.90. The Labute approximate surface area is 105 Å². The molecule has 7 heteroatoms. The van der Waals surface area contributed by atoms with Gasteiger partial charge in [0.15, 0.2) is 0 Å². The summed E-state index contributed by atoms with van der Waals surface area (Å²) in [7, 11) is 1.19. The molecule has 0 aliphatic heterocycles. The van der Waals surface area contributed by atoms with Crippen LogP contribution in [-0.4, -0.2) is 13.7 Å². The summed E-state index contributed by atoms with van der Waals surface area (Å²) in [6.45, 7) is 0.149. The van der Waals surface area contributed by atoms with Crippen LogP contribution in [0.25, 0.3) is 0 Å². The highest BCUT2D eigenvalue weighted by atomic mass is 79.9. The Balaban J connectivity index is 3.19. The lowest BCUT2D eigenvalue weighted by Crippen LogP contribution is -2.10. The second-order valence-corrected chi connectivity index (χ2v) is 4.13. The van der Waals surface area contributed by atoms with Crippen molar-refractivity contribution in [2.75, 3.05) is 13.7 Å². The normalized spacial score (nSPS) is 11.6. The van der Waals surface area contributed by atoms with E-state index in [1.165, 1.54) is 7.11 Å². The van der Waals surface area contributed by atoms with Crippen molar-refractivity contribution in [1.29, 1.82) is 0 Å². The van der Waals surface area contributed by atoms with Crippen molar-refractivity contribution in [2.24, 2.45) is 5.90 Å². The van der Waals surface area contributed by atoms with E-state index in [-0.39, 0.29) is 16.8 Å². The molecule has 1 aromatic rings. The molecule has 96 valence electrons. The molecule has 0 saturated carbocycles. The molecule has 0 atom stereocenters. The first-order valence-electron chi connectivity index (χ1n) is 4.65. The van der Waals surface area contributed by atoms with Gasteiger partial charge in [-0.15, -0.1) is 0 Å². The van der Waals surface area contributed by atoms with Gasteiger partial charge in [0, 0.05) is 0 Å². The molecule has 0 radical (unpaired) electrons. The molecule has 1 rings (SSSR count). The van der Waals surface area contributed by atoms with Gasteiger partial charge < -0.3 is 9.57 Å². The van der Waals surface area contributed by atoms with Crippen LogP contribution in [0.1, 0.15) is 11.1 Å². The van der Waals surface area contributed by atoms with Crippen molar-refractivity contribution in [3.63, 3.8) is 0 Å². The smallest absolute Gasteiger partial charge is 0.420 e. The Bertz CT molecular complexity index is 396.